The average molecular weight is 325 g/mol. The fourth-order valence-corrected chi connectivity index (χ4v) is 3.80. The van der Waals surface area contributed by atoms with Gasteiger partial charge < -0.3 is 9.47 Å². The Morgan fingerprint density at radius 2 is 1.78 bits per heavy atom. The average Bonchev–Trinajstić information content (AvgIpc) is 3.05. The van der Waals surface area contributed by atoms with Crippen LogP contribution >= 0.6 is 11.6 Å². The number of halogens is 1. The second-order valence-corrected chi connectivity index (χ2v) is 6.27. The van der Waals surface area contributed by atoms with Crippen molar-refractivity contribution in [1.82, 2.24) is 9.47 Å². The predicted octanol–water partition coefficient (Wildman–Crippen LogP) is 3.96. The Kier molecular flexibility index (Phi) is 3.38. The molecule has 0 N–H and O–H groups in total. The van der Waals surface area contributed by atoms with Gasteiger partial charge in [0, 0.05) is 47.7 Å². The molecule has 0 saturated carbocycles. The molecule has 0 bridgehead atoms. The summed E-state index contributed by atoms with van der Waals surface area (Å²) >= 11 is 5.97. The number of rotatable bonds is 3. The number of nitrogens with zero attached hydrogens (tertiary/aromatic N) is 2. The van der Waals surface area contributed by atoms with Gasteiger partial charge in [0.15, 0.2) is 0 Å². The third-order valence-corrected chi connectivity index (χ3v) is 4.78. The summed E-state index contributed by atoms with van der Waals surface area (Å²) in [5.74, 6) is 0.500. The molecule has 0 fully saturated rings. The van der Waals surface area contributed by atoms with Gasteiger partial charge >= 0.3 is 0 Å². The highest BCUT2D eigenvalue weighted by Crippen LogP contribution is 2.41. The smallest absolute Gasteiger partial charge is 0.255 e. The van der Waals surface area contributed by atoms with Crippen molar-refractivity contribution in [3.05, 3.63) is 71.4 Å². The normalized spacial score (nSPS) is 17.0. The van der Waals surface area contributed by atoms with Crippen molar-refractivity contribution in [3.8, 4) is 0 Å². The maximum absolute atomic E-state index is 12.8. The number of benzene rings is 2. The van der Waals surface area contributed by atoms with Crippen LogP contribution in [0.3, 0.4) is 0 Å². The highest BCUT2D eigenvalue weighted by atomic mass is 35.5. The molecule has 116 valence electrons. The quantitative estimate of drug-likeness (QED) is 0.669. The maximum Gasteiger partial charge on any atom is 0.255 e. The molecule has 1 unspecified atom stereocenters. The fourth-order valence-electron chi connectivity index (χ4n) is 3.62. The van der Waals surface area contributed by atoms with Crippen LogP contribution < -0.4 is 0 Å². The summed E-state index contributed by atoms with van der Waals surface area (Å²) in [5.41, 5.74) is 4.19. The molecule has 4 heteroatoms. The largest absolute Gasteiger partial charge is 0.350 e. The van der Waals surface area contributed by atoms with E-state index < -0.39 is 0 Å². The Balaban J connectivity index is 1.96. The summed E-state index contributed by atoms with van der Waals surface area (Å²) in [6.07, 6.45) is 2.13. The fraction of sp³-hybridized carbons (Fsp3) is 0.211. The van der Waals surface area contributed by atoms with Crippen molar-refractivity contribution in [2.45, 2.75) is 6.04 Å². The Morgan fingerprint density at radius 1 is 1.04 bits per heavy atom. The Morgan fingerprint density at radius 3 is 2.61 bits per heavy atom. The van der Waals surface area contributed by atoms with Crippen molar-refractivity contribution in [2.24, 2.45) is 7.05 Å². The van der Waals surface area contributed by atoms with Crippen molar-refractivity contribution in [2.75, 3.05) is 12.4 Å². The highest BCUT2D eigenvalue weighted by Gasteiger charge is 2.38. The van der Waals surface area contributed by atoms with E-state index in [1.165, 1.54) is 10.9 Å². The SMILES string of the molecule is Cn1cc(C2c3ccccc3C(=O)N2CCCl)c2ccccc21. The van der Waals surface area contributed by atoms with Gasteiger partial charge in [0.25, 0.3) is 5.91 Å². The number of amides is 1. The van der Waals surface area contributed by atoms with E-state index in [1.807, 2.05) is 48.3 Å². The van der Waals surface area contributed by atoms with Crippen LogP contribution in [0.25, 0.3) is 10.9 Å². The first-order chi connectivity index (χ1) is 11.2. The summed E-state index contributed by atoms with van der Waals surface area (Å²) in [6.45, 7) is 0.545. The first-order valence-corrected chi connectivity index (χ1v) is 8.25. The van der Waals surface area contributed by atoms with Gasteiger partial charge in [-0.3, -0.25) is 4.79 Å². The molecule has 1 amide bonds. The third-order valence-electron chi connectivity index (χ3n) is 4.61. The number of aromatic nitrogens is 1. The zero-order valence-corrected chi connectivity index (χ0v) is 13.6. The number of hydrogen-bond acceptors (Lipinski definition) is 1. The molecule has 0 aliphatic carbocycles. The van der Waals surface area contributed by atoms with Gasteiger partial charge in [-0.05, 0) is 17.7 Å². The minimum atomic E-state index is -0.0662. The first-order valence-electron chi connectivity index (χ1n) is 7.72. The van der Waals surface area contributed by atoms with Gasteiger partial charge in [0.05, 0.1) is 6.04 Å². The summed E-state index contributed by atoms with van der Waals surface area (Å²) in [6, 6.07) is 16.1. The molecule has 3 aromatic rings. The summed E-state index contributed by atoms with van der Waals surface area (Å²) in [4.78, 5) is 14.7. The Labute approximate surface area is 140 Å². The standard InChI is InChI=1S/C19H17ClN2O/c1-21-12-16(13-6-4-5-9-17(13)21)18-14-7-2-3-8-15(14)19(23)22(18)11-10-20/h2-9,12,18H,10-11H2,1H3. The van der Waals surface area contributed by atoms with E-state index in [1.54, 1.807) is 0 Å². The Hall–Kier alpha value is -2.26. The van der Waals surface area contributed by atoms with Crippen LogP contribution in [0.4, 0.5) is 0 Å². The lowest BCUT2D eigenvalue weighted by Gasteiger charge is -2.24. The molecule has 2 heterocycles. The molecule has 0 saturated heterocycles. The highest BCUT2D eigenvalue weighted by molar-refractivity contribution is 6.18. The molecule has 1 aromatic heterocycles. The number of fused-ring (bicyclic) bond motifs is 2. The lowest BCUT2D eigenvalue weighted by atomic mass is 9.97. The molecule has 4 rings (SSSR count). The number of aryl methyl sites for hydroxylation is 1. The van der Waals surface area contributed by atoms with Gasteiger partial charge in [-0.25, -0.2) is 0 Å². The lowest BCUT2D eigenvalue weighted by molar-refractivity contribution is 0.0761. The molecule has 0 spiro atoms. The van der Waals surface area contributed by atoms with E-state index in [9.17, 15) is 4.79 Å². The van der Waals surface area contributed by atoms with Gasteiger partial charge in [-0.1, -0.05) is 36.4 Å². The zero-order chi connectivity index (χ0) is 16.0. The van der Waals surface area contributed by atoms with Crippen LogP contribution in [0.1, 0.15) is 27.5 Å². The molecule has 1 aliphatic heterocycles. The van der Waals surface area contributed by atoms with Gasteiger partial charge in [0.2, 0.25) is 0 Å². The minimum Gasteiger partial charge on any atom is -0.350 e. The van der Waals surface area contributed by atoms with Gasteiger partial charge in [-0.15, -0.1) is 11.6 Å². The van der Waals surface area contributed by atoms with Crippen LogP contribution in [0.5, 0.6) is 0 Å². The molecule has 3 nitrogen and oxygen atoms in total. The van der Waals surface area contributed by atoms with Crippen LogP contribution in [0.15, 0.2) is 54.7 Å². The van der Waals surface area contributed by atoms with E-state index in [-0.39, 0.29) is 11.9 Å². The topological polar surface area (TPSA) is 25.2 Å². The third kappa shape index (κ3) is 2.07. The number of alkyl halides is 1. The van der Waals surface area contributed by atoms with E-state index in [0.717, 1.165) is 16.7 Å². The van der Waals surface area contributed by atoms with E-state index >= 15 is 0 Å². The van der Waals surface area contributed by atoms with Crippen LogP contribution in [-0.2, 0) is 7.05 Å². The monoisotopic (exact) mass is 324 g/mol. The van der Waals surface area contributed by atoms with E-state index in [0.29, 0.717) is 12.4 Å². The first kappa shape index (κ1) is 14.3. The number of para-hydroxylation sites is 1. The molecule has 1 atom stereocenters. The Bertz CT molecular complexity index is 899. The maximum atomic E-state index is 12.8. The molecule has 0 radical (unpaired) electrons. The number of carbonyl (C=O) groups excluding carboxylic acids is 1. The summed E-state index contributed by atoms with van der Waals surface area (Å²) in [7, 11) is 2.04. The predicted molar refractivity (Wildman–Crippen MR) is 93.0 cm³/mol. The second-order valence-electron chi connectivity index (χ2n) is 5.89. The van der Waals surface area contributed by atoms with Crippen molar-refractivity contribution in [1.29, 1.82) is 0 Å². The second kappa shape index (κ2) is 5.43. The zero-order valence-electron chi connectivity index (χ0n) is 12.9. The van der Waals surface area contributed by atoms with Crippen LogP contribution in [0, 0.1) is 0 Å². The van der Waals surface area contributed by atoms with Crippen LogP contribution in [0.2, 0.25) is 0 Å². The van der Waals surface area contributed by atoms with E-state index in [4.69, 9.17) is 11.6 Å². The van der Waals surface area contributed by atoms with Crippen molar-refractivity contribution in [3.63, 3.8) is 0 Å². The molecule has 2 aromatic carbocycles. The van der Waals surface area contributed by atoms with Gasteiger partial charge in [-0.2, -0.15) is 0 Å². The van der Waals surface area contributed by atoms with Gasteiger partial charge in [0.1, 0.15) is 0 Å². The lowest BCUT2D eigenvalue weighted by Crippen LogP contribution is -2.30. The number of carbonyl (C=O) groups is 1. The van der Waals surface area contributed by atoms with Crippen molar-refractivity contribution >= 4 is 28.4 Å². The van der Waals surface area contributed by atoms with E-state index in [2.05, 4.69) is 22.9 Å². The molecular formula is C19H17ClN2O. The molecular weight excluding hydrogens is 308 g/mol. The van der Waals surface area contributed by atoms with Crippen molar-refractivity contribution < 1.29 is 4.79 Å². The number of hydrogen-bond donors (Lipinski definition) is 0. The van der Waals surface area contributed by atoms with Crippen LogP contribution in [-0.4, -0.2) is 27.8 Å². The summed E-state index contributed by atoms with van der Waals surface area (Å²) < 4.78 is 2.12. The molecule has 23 heavy (non-hydrogen) atoms. The summed E-state index contributed by atoms with van der Waals surface area (Å²) in [5, 5.41) is 1.18. The molecule has 1 aliphatic rings. The minimum absolute atomic E-state index is 0.0662.